The Kier molecular flexibility index (Phi) is 12.8. The van der Waals surface area contributed by atoms with E-state index in [4.69, 9.17) is 9.59 Å². The fourth-order valence-corrected chi connectivity index (χ4v) is 0.408. The third kappa shape index (κ3) is 42.6. The molecule has 15 heavy (non-hydrogen) atoms. The second-order valence-corrected chi connectivity index (χ2v) is 10.0. The molecule has 1 aromatic carbocycles. The maximum absolute atomic E-state index is 9.06. The molecule has 0 saturated carbocycles. The maximum atomic E-state index is 9.06. The van der Waals surface area contributed by atoms with Gasteiger partial charge in [-0.25, -0.2) is 12.1 Å². The van der Waals surface area contributed by atoms with Gasteiger partial charge in [0.15, 0.2) is 0 Å². The van der Waals surface area contributed by atoms with Crippen LogP contribution in [0.3, 0.4) is 0 Å². The van der Waals surface area contributed by atoms with Crippen molar-refractivity contribution in [3.05, 3.63) is 36.9 Å². The maximum Gasteiger partial charge on any atom is -0.0951 e. The molecule has 0 aliphatic rings. The SMILES string of the molecule is O=[C]=[Ru]=[C]=O.[CH2-][Si](C)(C)C.c1cc[cH-]c1. The summed E-state index contributed by atoms with van der Waals surface area (Å²) in [4.78, 5) is 18.1. The molecule has 0 amide bonds. The Morgan fingerprint density at radius 2 is 1.47 bits per heavy atom. The molecule has 0 N–H and O–H groups in total. The Morgan fingerprint density at radius 3 is 1.53 bits per heavy atom. The van der Waals surface area contributed by atoms with Gasteiger partial charge in [-0.3, -0.25) is 0 Å². The molecular formula is C11H16O2RuSi-2. The second kappa shape index (κ2) is 11.4. The van der Waals surface area contributed by atoms with E-state index >= 15 is 0 Å². The fraction of sp³-hybridized carbons (Fsp3) is 0.273. The molecule has 0 spiro atoms. The topological polar surface area (TPSA) is 34.1 Å². The van der Waals surface area contributed by atoms with Crippen molar-refractivity contribution in [2.45, 2.75) is 19.6 Å². The van der Waals surface area contributed by atoms with Crippen molar-refractivity contribution in [3.63, 3.8) is 0 Å². The molecule has 1 rings (SSSR count). The Morgan fingerprint density at radius 1 is 1.13 bits per heavy atom. The number of carbonyl (C=O) groups excluding carboxylic acids is 2. The van der Waals surface area contributed by atoms with Gasteiger partial charge >= 0.3 is 34.8 Å². The van der Waals surface area contributed by atoms with Gasteiger partial charge in [-0.1, -0.05) is 19.6 Å². The third-order valence-electron chi connectivity index (χ3n) is 0.628. The first-order chi connectivity index (χ1) is 6.91. The van der Waals surface area contributed by atoms with Crippen LogP contribution in [0.1, 0.15) is 0 Å². The van der Waals surface area contributed by atoms with Gasteiger partial charge in [0.2, 0.25) is 0 Å². The van der Waals surface area contributed by atoms with Crippen molar-refractivity contribution >= 4 is 17.0 Å². The monoisotopic (exact) mass is 310 g/mol. The van der Waals surface area contributed by atoms with Crippen molar-refractivity contribution < 1.29 is 25.8 Å². The molecule has 0 heterocycles. The minimum absolute atomic E-state index is 0.842. The van der Waals surface area contributed by atoms with Crippen LogP contribution in [0.25, 0.3) is 0 Å². The van der Waals surface area contributed by atoms with Crippen LogP contribution in [0.4, 0.5) is 0 Å². The van der Waals surface area contributed by atoms with E-state index in [1.165, 1.54) is 8.95 Å². The average molecular weight is 309 g/mol. The average Bonchev–Trinajstić information content (AvgIpc) is 2.58. The van der Waals surface area contributed by atoms with Crippen LogP contribution in [-0.2, 0) is 25.8 Å². The van der Waals surface area contributed by atoms with Gasteiger partial charge in [-0.2, -0.15) is 18.2 Å². The second-order valence-electron chi connectivity index (χ2n) is 3.76. The van der Waals surface area contributed by atoms with Crippen LogP contribution >= 0.6 is 0 Å². The minimum Gasteiger partial charge on any atom is -0.342 e. The zero-order valence-electron chi connectivity index (χ0n) is 9.26. The molecule has 2 nitrogen and oxygen atoms in total. The van der Waals surface area contributed by atoms with Gasteiger partial charge in [0.25, 0.3) is 0 Å². The quantitative estimate of drug-likeness (QED) is 0.544. The molecule has 0 unspecified atom stereocenters. The molecule has 4 heteroatoms. The summed E-state index contributed by atoms with van der Waals surface area (Å²) in [5, 5.41) is 0. The molecule has 86 valence electrons. The molecule has 1 aromatic rings. The minimum atomic E-state index is -0.861. The van der Waals surface area contributed by atoms with Crippen LogP contribution in [0.5, 0.6) is 0 Å². The van der Waals surface area contributed by atoms with E-state index in [9.17, 15) is 0 Å². The molecule has 0 atom stereocenters. The Labute approximate surface area is 99.3 Å². The van der Waals surface area contributed by atoms with Crippen LogP contribution in [0, 0.1) is 6.55 Å². The van der Waals surface area contributed by atoms with E-state index in [0.717, 1.165) is 0 Å². The number of hydrogen-bond donors (Lipinski definition) is 0. The zero-order chi connectivity index (χ0) is 12.2. The van der Waals surface area contributed by atoms with Gasteiger partial charge in [0, 0.05) is 0 Å². The summed E-state index contributed by atoms with van der Waals surface area (Å²) < 4.78 is 2.87. The van der Waals surface area contributed by atoms with Crippen LogP contribution < -0.4 is 0 Å². The summed E-state index contributed by atoms with van der Waals surface area (Å²) in [7, 11) is -0.861. The summed E-state index contributed by atoms with van der Waals surface area (Å²) in [5.41, 5.74) is 0. The van der Waals surface area contributed by atoms with E-state index in [0.29, 0.717) is 0 Å². The summed E-state index contributed by atoms with van der Waals surface area (Å²) in [6.07, 6.45) is 0. The van der Waals surface area contributed by atoms with Gasteiger partial charge in [-0.05, 0) is 0 Å². The molecular weight excluding hydrogens is 293 g/mol. The summed E-state index contributed by atoms with van der Waals surface area (Å²) in [6, 6.07) is 10.0. The smallest absolute Gasteiger partial charge is 0.0951 e. The van der Waals surface area contributed by atoms with Gasteiger partial charge in [0.05, 0.1) is 0 Å². The predicted molar refractivity (Wildman–Crippen MR) is 62.1 cm³/mol. The molecule has 0 aliphatic carbocycles. The molecule has 0 fully saturated rings. The fourth-order valence-electron chi connectivity index (χ4n) is 0.335. The van der Waals surface area contributed by atoms with Crippen LogP contribution in [-0.4, -0.2) is 17.0 Å². The van der Waals surface area contributed by atoms with E-state index < -0.39 is 24.3 Å². The zero-order valence-corrected chi connectivity index (χ0v) is 12.0. The molecule has 0 aliphatic heterocycles. The standard InChI is InChI=1S/C5H5.C4H11Si.2CO.Ru/c1-2-4-5-3-1;1-5(2,3)4;2*1-2;/h1-5H;1H2,2-4H3;;;/q2*-1;;;. The van der Waals surface area contributed by atoms with Crippen molar-refractivity contribution in [3.8, 4) is 0 Å². The largest absolute Gasteiger partial charge is 0.342 e. The third-order valence-corrected chi connectivity index (χ3v) is 0.983. The van der Waals surface area contributed by atoms with Crippen molar-refractivity contribution in [1.29, 1.82) is 0 Å². The van der Waals surface area contributed by atoms with Crippen molar-refractivity contribution in [2.24, 2.45) is 0 Å². The Bertz CT molecular complexity index is 287. The van der Waals surface area contributed by atoms with Gasteiger partial charge in [0.1, 0.15) is 0 Å². The van der Waals surface area contributed by atoms with E-state index in [-0.39, 0.29) is 0 Å². The predicted octanol–water partition coefficient (Wildman–Crippen LogP) is 2.31. The van der Waals surface area contributed by atoms with Gasteiger partial charge in [-0.15, -0.1) is 8.07 Å². The van der Waals surface area contributed by atoms with Gasteiger partial charge < -0.3 is 6.55 Å². The first-order valence-electron chi connectivity index (χ1n) is 4.28. The molecule has 0 radical (unpaired) electrons. The summed E-state index contributed by atoms with van der Waals surface area (Å²) in [6.45, 7) is 10.6. The summed E-state index contributed by atoms with van der Waals surface area (Å²) in [5.74, 6) is 0. The van der Waals surface area contributed by atoms with Crippen LogP contribution in [0.15, 0.2) is 30.3 Å². The Balaban J connectivity index is 0. The molecule has 0 aromatic heterocycles. The summed E-state index contributed by atoms with van der Waals surface area (Å²) >= 11 is -0.842. The molecule has 0 bridgehead atoms. The number of hydrogen-bond acceptors (Lipinski definition) is 2. The van der Waals surface area contributed by atoms with E-state index in [1.807, 2.05) is 30.3 Å². The van der Waals surface area contributed by atoms with Crippen molar-refractivity contribution in [2.75, 3.05) is 0 Å². The van der Waals surface area contributed by atoms with E-state index in [2.05, 4.69) is 26.2 Å². The first-order valence-corrected chi connectivity index (χ1v) is 9.73. The Hall–Kier alpha value is -0.650. The normalized spacial score (nSPS) is 8.27. The number of rotatable bonds is 0. The van der Waals surface area contributed by atoms with E-state index in [1.54, 1.807) is 0 Å². The van der Waals surface area contributed by atoms with Crippen LogP contribution in [0.2, 0.25) is 19.6 Å². The molecule has 0 saturated heterocycles. The first kappa shape index (κ1) is 16.8. The van der Waals surface area contributed by atoms with Crippen molar-refractivity contribution in [1.82, 2.24) is 0 Å².